The summed E-state index contributed by atoms with van der Waals surface area (Å²) in [6, 6.07) is 11.4. The van der Waals surface area contributed by atoms with Gasteiger partial charge in [-0.25, -0.2) is 4.99 Å². The maximum Gasteiger partial charge on any atom is 0.275 e. The Balaban J connectivity index is 1.95. The van der Waals surface area contributed by atoms with Crippen LogP contribution in [0.15, 0.2) is 57.8 Å². The number of hydrogen-bond donors (Lipinski definition) is 1. The van der Waals surface area contributed by atoms with Crippen molar-refractivity contribution in [3.8, 4) is 0 Å². The molecule has 2 aromatic rings. The summed E-state index contributed by atoms with van der Waals surface area (Å²) in [6.07, 6.45) is 3.31. The predicted octanol–water partition coefficient (Wildman–Crippen LogP) is 2.51. The molecule has 0 aliphatic carbocycles. The van der Waals surface area contributed by atoms with Crippen LogP contribution in [0.2, 0.25) is 0 Å². The van der Waals surface area contributed by atoms with Crippen LogP contribution in [0.4, 0.5) is 0 Å². The number of carbonyl (C=O) groups excluding carboxylic acids is 1. The average Bonchev–Trinajstić information content (AvgIpc) is 3.00. The Kier molecular flexibility index (Phi) is 2.76. The van der Waals surface area contributed by atoms with E-state index in [-0.39, 0.29) is 5.91 Å². The SMILES string of the molecule is Cc1cccc(/C=C2/N=C(c3ccco3)NC2=O)c1. The van der Waals surface area contributed by atoms with Crippen LogP contribution >= 0.6 is 0 Å². The first-order chi connectivity index (χ1) is 9.22. The van der Waals surface area contributed by atoms with E-state index >= 15 is 0 Å². The number of aryl methyl sites for hydroxylation is 1. The summed E-state index contributed by atoms with van der Waals surface area (Å²) in [4.78, 5) is 16.1. The van der Waals surface area contributed by atoms with Crippen LogP contribution in [0.3, 0.4) is 0 Å². The number of aliphatic imine (C=N–C) groups is 1. The summed E-state index contributed by atoms with van der Waals surface area (Å²) in [5.41, 5.74) is 2.48. The first-order valence-electron chi connectivity index (χ1n) is 5.95. The summed E-state index contributed by atoms with van der Waals surface area (Å²) in [5.74, 6) is 0.794. The van der Waals surface area contributed by atoms with Crippen LogP contribution in [0.1, 0.15) is 16.9 Å². The summed E-state index contributed by atoms with van der Waals surface area (Å²) in [6.45, 7) is 2.01. The van der Waals surface area contributed by atoms with Gasteiger partial charge in [-0.15, -0.1) is 0 Å². The fourth-order valence-corrected chi connectivity index (χ4v) is 1.92. The van der Waals surface area contributed by atoms with Crippen LogP contribution in [-0.2, 0) is 4.79 Å². The Morgan fingerprint density at radius 3 is 2.89 bits per heavy atom. The second-order valence-electron chi connectivity index (χ2n) is 4.34. The van der Waals surface area contributed by atoms with Gasteiger partial charge in [0.2, 0.25) is 0 Å². The van der Waals surface area contributed by atoms with Crippen molar-refractivity contribution in [1.29, 1.82) is 0 Å². The van der Waals surface area contributed by atoms with E-state index in [2.05, 4.69) is 10.3 Å². The van der Waals surface area contributed by atoms with Gasteiger partial charge in [-0.05, 0) is 30.7 Å². The van der Waals surface area contributed by atoms with Gasteiger partial charge in [-0.1, -0.05) is 29.8 Å². The Bertz CT molecular complexity index is 682. The Hall–Kier alpha value is -2.62. The summed E-state index contributed by atoms with van der Waals surface area (Å²) in [7, 11) is 0. The zero-order chi connectivity index (χ0) is 13.2. The largest absolute Gasteiger partial charge is 0.461 e. The molecule has 0 atom stereocenters. The van der Waals surface area contributed by atoms with Crippen molar-refractivity contribution in [1.82, 2.24) is 5.32 Å². The van der Waals surface area contributed by atoms with E-state index in [9.17, 15) is 4.79 Å². The van der Waals surface area contributed by atoms with E-state index in [1.807, 2.05) is 31.2 Å². The van der Waals surface area contributed by atoms with Gasteiger partial charge < -0.3 is 9.73 Å². The molecule has 1 N–H and O–H groups in total. The van der Waals surface area contributed by atoms with Crippen LogP contribution < -0.4 is 5.32 Å². The van der Waals surface area contributed by atoms with Crippen LogP contribution in [0, 0.1) is 6.92 Å². The highest BCUT2D eigenvalue weighted by Crippen LogP contribution is 2.15. The lowest BCUT2D eigenvalue weighted by Gasteiger charge is -1.96. The quantitative estimate of drug-likeness (QED) is 0.835. The number of furan rings is 1. The van der Waals surface area contributed by atoms with Crippen molar-refractivity contribution in [2.75, 3.05) is 0 Å². The third-order valence-corrected chi connectivity index (χ3v) is 2.80. The molecule has 1 aromatic heterocycles. The smallest absolute Gasteiger partial charge is 0.275 e. The van der Waals surface area contributed by atoms with E-state index in [0.29, 0.717) is 17.3 Å². The molecule has 0 saturated heterocycles. The van der Waals surface area contributed by atoms with Crippen molar-refractivity contribution in [3.63, 3.8) is 0 Å². The highest BCUT2D eigenvalue weighted by Gasteiger charge is 2.22. The van der Waals surface area contributed by atoms with Crippen molar-refractivity contribution in [3.05, 3.63) is 65.2 Å². The normalized spacial score (nSPS) is 16.6. The summed E-state index contributed by atoms with van der Waals surface area (Å²) in [5, 5.41) is 2.69. The molecule has 0 bridgehead atoms. The van der Waals surface area contributed by atoms with Gasteiger partial charge in [0.15, 0.2) is 11.6 Å². The number of nitrogens with one attached hydrogen (secondary N) is 1. The highest BCUT2D eigenvalue weighted by atomic mass is 16.3. The van der Waals surface area contributed by atoms with Gasteiger partial charge in [-0.3, -0.25) is 4.79 Å². The van der Waals surface area contributed by atoms with Crippen molar-refractivity contribution in [2.24, 2.45) is 4.99 Å². The van der Waals surface area contributed by atoms with Crippen LogP contribution in [-0.4, -0.2) is 11.7 Å². The lowest BCUT2D eigenvalue weighted by molar-refractivity contribution is -0.115. The van der Waals surface area contributed by atoms with Crippen LogP contribution in [0.5, 0.6) is 0 Å². The zero-order valence-corrected chi connectivity index (χ0v) is 10.4. The fraction of sp³-hybridized carbons (Fsp3) is 0.0667. The van der Waals surface area contributed by atoms with Gasteiger partial charge in [0, 0.05) is 0 Å². The fourth-order valence-electron chi connectivity index (χ4n) is 1.92. The lowest BCUT2D eigenvalue weighted by atomic mass is 10.1. The number of amidine groups is 1. The molecule has 4 nitrogen and oxygen atoms in total. The molecule has 94 valence electrons. The number of nitrogens with zero attached hydrogens (tertiary/aromatic N) is 1. The average molecular weight is 252 g/mol. The second kappa shape index (κ2) is 4.57. The first-order valence-corrected chi connectivity index (χ1v) is 5.95. The predicted molar refractivity (Wildman–Crippen MR) is 72.5 cm³/mol. The summed E-state index contributed by atoms with van der Waals surface area (Å²) < 4.78 is 5.21. The molecule has 0 radical (unpaired) electrons. The number of carbonyl (C=O) groups is 1. The Labute approximate surface area is 110 Å². The molecule has 2 heterocycles. The maximum absolute atomic E-state index is 11.8. The van der Waals surface area contributed by atoms with Crippen molar-refractivity contribution >= 4 is 17.8 Å². The standard InChI is InChI=1S/C15H12N2O2/c1-10-4-2-5-11(8-10)9-12-15(18)17-14(16-12)13-6-3-7-19-13/h2-9H,1H3,(H,16,17,18)/b12-9+. The molecule has 3 rings (SSSR count). The number of rotatable bonds is 2. The van der Waals surface area contributed by atoms with Crippen molar-refractivity contribution < 1.29 is 9.21 Å². The molecule has 0 saturated carbocycles. The molecule has 1 aromatic carbocycles. The molecule has 1 aliphatic rings. The zero-order valence-electron chi connectivity index (χ0n) is 10.4. The number of amides is 1. The maximum atomic E-state index is 11.8. The Morgan fingerprint density at radius 2 is 2.16 bits per heavy atom. The van der Waals surface area contributed by atoms with E-state index in [1.54, 1.807) is 24.5 Å². The monoisotopic (exact) mass is 252 g/mol. The van der Waals surface area contributed by atoms with Gasteiger partial charge in [0.1, 0.15) is 5.70 Å². The molecule has 1 aliphatic heterocycles. The Morgan fingerprint density at radius 1 is 1.26 bits per heavy atom. The summed E-state index contributed by atoms with van der Waals surface area (Å²) >= 11 is 0. The number of benzene rings is 1. The highest BCUT2D eigenvalue weighted by molar-refractivity contribution is 6.18. The van der Waals surface area contributed by atoms with Gasteiger partial charge >= 0.3 is 0 Å². The molecule has 19 heavy (non-hydrogen) atoms. The minimum atomic E-state index is -0.215. The molecule has 4 heteroatoms. The van der Waals surface area contributed by atoms with E-state index in [4.69, 9.17) is 4.42 Å². The van der Waals surface area contributed by atoms with Crippen molar-refractivity contribution in [2.45, 2.75) is 6.92 Å². The molecular weight excluding hydrogens is 240 g/mol. The third kappa shape index (κ3) is 2.33. The third-order valence-electron chi connectivity index (χ3n) is 2.80. The molecular formula is C15H12N2O2. The van der Waals surface area contributed by atoms with Crippen LogP contribution in [0.25, 0.3) is 6.08 Å². The van der Waals surface area contributed by atoms with E-state index in [0.717, 1.165) is 11.1 Å². The topological polar surface area (TPSA) is 54.6 Å². The minimum absolute atomic E-state index is 0.215. The molecule has 0 fully saturated rings. The first kappa shape index (κ1) is 11.5. The number of hydrogen-bond acceptors (Lipinski definition) is 3. The molecule has 0 unspecified atom stereocenters. The lowest BCUT2D eigenvalue weighted by Crippen LogP contribution is -2.24. The van der Waals surface area contributed by atoms with E-state index < -0.39 is 0 Å². The van der Waals surface area contributed by atoms with E-state index in [1.165, 1.54) is 0 Å². The van der Waals surface area contributed by atoms with Gasteiger partial charge in [0.05, 0.1) is 6.26 Å². The molecule has 0 spiro atoms. The molecule has 1 amide bonds. The minimum Gasteiger partial charge on any atom is -0.461 e. The second-order valence-corrected chi connectivity index (χ2v) is 4.34. The van der Waals surface area contributed by atoms with Gasteiger partial charge in [-0.2, -0.15) is 0 Å². The van der Waals surface area contributed by atoms with Gasteiger partial charge in [0.25, 0.3) is 5.91 Å².